The quantitative estimate of drug-likeness (QED) is 0.214. The number of tetrazole rings is 1. The highest BCUT2D eigenvalue weighted by Gasteiger charge is 2.61. The van der Waals surface area contributed by atoms with E-state index in [4.69, 9.17) is 4.74 Å². The van der Waals surface area contributed by atoms with Crippen LogP contribution in [0, 0.1) is 6.92 Å². The van der Waals surface area contributed by atoms with E-state index < -0.39 is 35.4 Å². The van der Waals surface area contributed by atoms with Gasteiger partial charge >= 0.3 is 18.1 Å². The minimum absolute atomic E-state index is 0.165. The minimum Gasteiger partial charge on any atom is -0.489 e. The van der Waals surface area contributed by atoms with E-state index in [2.05, 4.69) is 25.6 Å². The van der Waals surface area contributed by atoms with Crippen LogP contribution in [0.5, 0.6) is 5.75 Å². The summed E-state index contributed by atoms with van der Waals surface area (Å²) in [5, 5.41) is 23.3. The number of halogens is 5. The molecule has 0 amide bonds. The first-order valence-corrected chi connectivity index (χ1v) is 11.8. The summed E-state index contributed by atoms with van der Waals surface area (Å²) in [5.41, 5.74) is -0.116. The Morgan fingerprint density at radius 3 is 2.41 bits per heavy atom. The molecule has 3 N–H and O–H groups in total. The summed E-state index contributed by atoms with van der Waals surface area (Å²) in [4.78, 5) is 17.1. The Morgan fingerprint density at radius 2 is 1.82 bits per heavy atom. The highest BCUT2D eigenvalue weighted by Crippen LogP contribution is 2.45. The molecule has 2 heterocycles. The molecular formula is C25H23F5N6O3. The number of imidazole rings is 1. The Morgan fingerprint density at radius 1 is 1.10 bits per heavy atom. The van der Waals surface area contributed by atoms with Gasteiger partial charge in [0.1, 0.15) is 23.9 Å². The Kier molecular flexibility index (Phi) is 7.65. The molecule has 0 aliphatic heterocycles. The van der Waals surface area contributed by atoms with Crippen LogP contribution in [0.15, 0.2) is 42.5 Å². The Hall–Kier alpha value is -4.36. The Bertz CT molecular complexity index is 1440. The van der Waals surface area contributed by atoms with E-state index in [0.717, 1.165) is 16.7 Å². The van der Waals surface area contributed by atoms with Gasteiger partial charge in [-0.05, 0) is 42.3 Å². The number of alkyl halides is 5. The molecule has 14 heteroatoms. The normalized spacial score (nSPS) is 12.9. The van der Waals surface area contributed by atoms with Crippen molar-refractivity contribution in [1.82, 2.24) is 30.6 Å². The van der Waals surface area contributed by atoms with Crippen LogP contribution in [0.3, 0.4) is 0 Å². The number of benzene rings is 2. The molecule has 4 aromatic rings. The van der Waals surface area contributed by atoms with Crippen molar-refractivity contribution in [3.05, 3.63) is 76.4 Å². The molecule has 2 aromatic carbocycles. The van der Waals surface area contributed by atoms with E-state index in [9.17, 15) is 31.9 Å². The molecule has 0 saturated carbocycles. The molecule has 0 spiro atoms. The van der Waals surface area contributed by atoms with Crippen molar-refractivity contribution in [1.29, 1.82) is 0 Å². The standard InChI is InChI=1S/C25H23F5N6O3/c1-3-4-17(21-31-19(23(37)38)20(32-21)24(26,27)25(28,29)30)14-7-9-16(10-8-14)39-12-15-6-5-13(2)11-18(15)22-33-35-36-34-22/h5-11,17H,3-4,12H2,1-2H3,(H,31,32)(H,37,38)(H,33,34,35,36). The lowest BCUT2D eigenvalue weighted by Crippen LogP contribution is -2.35. The number of aromatic carboxylic acids is 1. The van der Waals surface area contributed by atoms with Gasteiger partial charge in [0, 0.05) is 17.0 Å². The molecule has 0 fully saturated rings. The van der Waals surface area contributed by atoms with Gasteiger partial charge in [-0.15, -0.1) is 10.2 Å². The number of aromatic amines is 2. The van der Waals surface area contributed by atoms with E-state index in [0.29, 0.717) is 30.0 Å². The van der Waals surface area contributed by atoms with Crippen LogP contribution < -0.4 is 4.74 Å². The number of ether oxygens (including phenoxy) is 1. The molecule has 1 unspecified atom stereocenters. The number of hydrogen-bond acceptors (Lipinski definition) is 6. The summed E-state index contributed by atoms with van der Waals surface area (Å²) in [6.45, 7) is 3.88. The van der Waals surface area contributed by atoms with Gasteiger partial charge in [-0.1, -0.05) is 43.2 Å². The minimum atomic E-state index is -6.00. The molecule has 0 saturated heterocycles. The fraction of sp³-hybridized carbons (Fsp3) is 0.320. The maximum atomic E-state index is 14.1. The predicted octanol–water partition coefficient (Wildman–Crippen LogP) is 5.76. The zero-order valence-electron chi connectivity index (χ0n) is 20.7. The lowest BCUT2D eigenvalue weighted by atomic mass is 9.94. The van der Waals surface area contributed by atoms with E-state index in [1.165, 1.54) is 0 Å². The SMILES string of the molecule is CCCC(c1ccc(OCc2ccc(C)cc2-c2nn[nH]n2)cc1)c1nc(C(=O)O)c(C(F)(F)C(F)(F)F)[nH]1. The summed E-state index contributed by atoms with van der Waals surface area (Å²) < 4.78 is 73.0. The smallest absolute Gasteiger partial charge is 0.459 e. The number of rotatable bonds is 10. The molecule has 2 aromatic heterocycles. The summed E-state index contributed by atoms with van der Waals surface area (Å²) in [6, 6.07) is 12.2. The zero-order chi connectivity index (χ0) is 28.4. The summed E-state index contributed by atoms with van der Waals surface area (Å²) >= 11 is 0. The first-order chi connectivity index (χ1) is 18.4. The predicted molar refractivity (Wildman–Crippen MR) is 127 cm³/mol. The second kappa shape index (κ2) is 10.8. The van der Waals surface area contributed by atoms with Crippen LogP contribution in [0.25, 0.3) is 11.4 Å². The summed E-state index contributed by atoms with van der Waals surface area (Å²) in [7, 11) is 0. The number of carbonyl (C=O) groups is 1. The van der Waals surface area contributed by atoms with Crippen molar-refractivity contribution in [2.24, 2.45) is 0 Å². The molecule has 206 valence electrons. The van der Waals surface area contributed by atoms with E-state index in [-0.39, 0.29) is 12.4 Å². The second-order valence-corrected chi connectivity index (χ2v) is 8.82. The van der Waals surface area contributed by atoms with Crippen molar-refractivity contribution in [3.63, 3.8) is 0 Å². The van der Waals surface area contributed by atoms with Gasteiger partial charge in [-0.25, -0.2) is 9.78 Å². The van der Waals surface area contributed by atoms with Crippen molar-refractivity contribution in [2.75, 3.05) is 0 Å². The number of aromatic nitrogens is 6. The number of hydrogen-bond donors (Lipinski definition) is 3. The molecule has 1 atom stereocenters. The number of carboxylic acids is 1. The van der Waals surface area contributed by atoms with Crippen molar-refractivity contribution in [2.45, 2.75) is 51.3 Å². The molecule has 39 heavy (non-hydrogen) atoms. The molecule has 0 radical (unpaired) electrons. The van der Waals surface area contributed by atoms with Crippen LogP contribution in [-0.4, -0.2) is 47.8 Å². The summed E-state index contributed by atoms with van der Waals surface area (Å²) in [5.74, 6) is -7.61. The maximum absolute atomic E-state index is 14.1. The second-order valence-electron chi connectivity index (χ2n) is 8.82. The lowest BCUT2D eigenvalue weighted by Gasteiger charge is -2.19. The topological polar surface area (TPSA) is 130 Å². The molecular weight excluding hydrogens is 527 g/mol. The lowest BCUT2D eigenvalue weighted by molar-refractivity contribution is -0.291. The number of H-pyrrole nitrogens is 2. The Labute approximate surface area is 218 Å². The molecule has 0 aliphatic carbocycles. The van der Waals surface area contributed by atoms with Gasteiger partial charge in [0.15, 0.2) is 5.69 Å². The highest BCUT2D eigenvalue weighted by molar-refractivity contribution is 5.87. The van der Waals surface area contributed by atoms with Gasteiger partial charge in [-0.2, -0.15) is 27.2 Å². The van der Waals surface area contributed by atoms with Gasteiger partial charge in [0.25, 0.3) is 0 Å². The van der Waals surface area contributed by atoms with Crippen LogP contribution in [-0.2, 0) is 12.5 Å². The van der Waals surface area contributed by atoms with Crippen LogP contribution in [0.2, 0.25) is 0 Å². The van der Waals surface area contributed by atoms with E-state index >= 15 is 0 Å². The first-order valence-electron chi connectivity index (χ1n) is 11.8. The number of nitrogens with one attached hydrogen (secondary N) is 2. The van der Waals surface area contributed by atoms with Gasteiger partial charge in [0.2, 0.25) is 5.82 Å². The van der Waals surface area contributed by atoms with Crippen molar-refractivity contribution >= 4 is 5.97 Å². The van der Waals surface area contributed by atoms with Crippen LogP contribution in [0.1, 0.15) is 64.4 Å². The van der Waals surface area contributed by atoms with Crippen molar-refractivity contribution in [3.8, 4) is 17.1 Å². The molecule has 4 rings (SSSR count). The number of aryl methyl sites for hydroxylation is 1. The van der Waals surface area contributed by atoms with Gasteiger partial charge < -0.3 is 14.8 Å². The van der Waals surface area contributed by atoms with Crippen molar-refractivity contribution < 1.29 is 36.6 Å². The first kappa shape index (κ1) is 27.7. The maximum Gasteiger partial charge on any atom is 0.459 e. The van der Waals surface area contributed by atoms with E-state index in [1.807, 2.05) is 30.1 Å². The zero-order valence-corrected chi connectivity index (χ0v) is 20.7. The molecule has 9 nitrogen and oxygen atoms in total. The van der Waals surface area contributed by atoms with Gasteiger partial charge in [-0.3, -0.25) is 0 Å². The third kappa shape index (κ3) is 5.73. The Balaban J connectivity index is 1.58. The van der Waals surface area contributed by atoms with Crippen LogP contribution in [0.4, 0.5) is 22.0 Å². The summed E-state index contributed by atoms with van der Waals surface area (Å²) in [6.07, 6.45) is -5.17. The van der Waals surface area contributed by atoms with Crippen LogP contribution >= 0.6 is 0 Å². The average Bonchev–Trinajstić information content (AvgIpc) is 3.57. The number of carboxylic acid groups (broad SMARTS) is 1. The fourth-order valence-electron chi connectivity index (χ4n) is 4.09. The third-order valence-corrected chi connectivity index (χ3v) is 6.03. The molecule has 0 bridgehead atoms. The number of nitrogens with zero attached hydrogens (tertiary/aromatic N) is 4. The highest BCUT2D eigenvalue weighted by atomic mass is 19.4. The van der Waals surface area contributed by atoms with E-state index in [1.54, 1.807) is 31.2 Å². The monoisotopic (exact) mass is 550 g/mol. The molecule has 0 aliphatic rings. The van der Waals surface area contributed by atoms with Gasteiger partial charge in [0.05, 0.1) is 0 Å². The third-order valence-electron chi connectivity index (χ3n) is 6.03. The largest absolute Gasteiger partial charge is 0.489 e. The fourth-order valence-corrected chi connectivity index (χ4v) is 4.09. The average molecular weight is 550 g/mol.